The number of hydrogen-bond donors (Lipinski definition) is 1. The number of alkyl halides is 2. The molecule has 10 heteroatoms. The van der Waals surface area contributed by atoms with Crippen molar-refractivity contribution in [3.8, 4) is 5.75 Å². The number of benzene rings is 1. The fourth-order valence-corrected chi connectivity index (χ4v) is 4.06. The quantitative estimate of drug-likeness (QED) is 0.761. The SMILES string of the molecule is O=C(Nc1nnc(C2CC2)s1)[C@@H]1CCC(=O)N1Cc1ccc(OC(F)F)cc1. The molecule has 0 radical (unpaired) electrons. The van der Waals surface area contributed by atoms with Gasteiger partial charge in [-0.3, -0.25) is 14.9 Å². The van der Waals surface area contributed by atoms with Gasteiger partial charge >= 0.3 is 6.61 Å². The van der Waals surface area contributed by atoms with Crippen molar-refractivity contribution >= 4 is 28.3 Å². The zero-order valence-corrected chi connectivity index (χ0v) is 15.6. The molecule has 1 saturated carbocycles. The van der Waals surface area contributed by atoms with Crippen LogP contribution in [0.25, 0.3) is 0 Å². The van der Waals surface area contributed by atoms with Crippen LogP contribution in [-0.4, -0.2) is 39.6 Å². The van der Waals surface area contributed by atoms with Gasteiger partial charge in [0.2, 0.25) is 16.9 Å². The third-order valence-corrected chi connectivity index (χ3v) is 5.73. The second-order valence-corrected chi connectivity index (χ2v) is 7.82. The summed E-state index contributed by atoms with van der Waals surface area (Å²) in [7, 11) is 0. The van der Waals surface area contributed by atoms with Crippen LogP contribution in [-0.2, 0) is 16.1 Å². The predicted molar refractivity (Wildman–Crippen MR) is 97.2 cm³/mol. The van der Waals surface area contributed by atoms with Crippen molar-refractivity contribution in [2.45, 2.75) is 50.8 Å². The van der Waals surface area contributed by atoms with Crippen LogP contribution < -0.4 is 10.1 Å². The van der Waals surface area contributed by atoms with Gasteiger partial charge in [0.15, 0.2) is 0 Å². The first-order valence-corrected chi connectivity index (χ1v) is 9.79. The molecule has 2 amide bonds. The molecule has 28 heavy (non-hydrogen) atoms. The van der Waals surface area contributed by atoms with Crippen LogP contribution in [0, 0.1) is 0 Å². The Morgan fingerprint density at radius 2 is 2.00 bits per heavy atom. The summed E-state index contributed by atoms with van der Waals surface area (Å²) in [6.45, 7) is -2.67. The zero-order valence-electron chi connectivity index (χ0n) is 14.8. The summed E-state index contributed by atoms with van der Waals surface area (Å²) in [5, 5.41) is 12.2. The van der Waals surface area contributed by atoms with E-state index in [0.717, 1.165) is 23.4 Å². The van der Waals surface area contributed by atoms with Crippen LogP contribution >= 0.6 is 11.3 Å². The van der Waals surface area contributed by atoms with Gasteiger partial charge in [-0.2, -0.15) is 8.78 Å². The van der Waals surface area contributed by atoms with Crippen LogP contribution in [0.4, 0.5) is 13.9 Å². The molecule has 2 fully saturated rings. The van der Waals surface area contributed by atoms with E-state index >= 15 is 0 Å². The van der Waals surface area contributed by atoms with Crippen LogP contribution in [0.15, 0.2) is 24.3 Å². The van der Waals surface area contributed by atoms with Crippen molar-refractivity contribution in [1.82, 2.24) is 15.1 Å². The van der Waals surface area contributed by atoms with Gasteiger partial charge in [0.1, 0.15) is 16.8 Å². The lowest BCUT2D eigenvalue weighted by Gasteiger charge is -2.23. The van der Waals surface area contributed by atoms with Gasteiger partial charge in [0.25, 0.3) is 0 Å². The van der Waals surface area contributed by atoms with Crippen LogP contribution in [0.1, 0.15) is 42.2 Å². The first-order valence-electron chi connectivity index (χ1n) is 8.97. The Balaban J connectivity index is 1.40. The molecule has 1 saturated heterocycles. The van der Waals surface area contributed by atoms with Gasteiger partial charge in [-0.1, -0.05) is 23.5 Å². The molecular weight excluding hydrogens is 390 g/mol. The highest BCUT2D eigenvalue weighted by molar-refractivity contribution is 7.15. The molecule has 7 nitrogen and oxygen atoms in total. The summed E-state index contributed by atoms with van der Waals surface area (Å²) >= 11 is 1.37. The lowest BCUT2D eigenvalue weighted by Crippen LogP contribution is -2.41. The molecule has 1 aromatic heterocycles. The van der Waals surface area contributed by atoms with E-state index in [0.29, 0.717) is 17.5 Å². The van der Waals surface area contributed by atoms with Crippen LogP contribution in [0.5, 0.6) is 5.75 Å². The lowest BCUT2D eigenvalue weighted by molar-refractivity contribution is -0.133. The minimum Gasteiger partial charge on any atom is -0.435 e. The Morgan fingerprint density at radius 3 is 2.68 bits per heavy atom. The largest absolute Gasteiger partial charge is 0.435 e. The maximum Gasteiger partial charge on any atom is 0.387 e. The number of likely N-dealkylation sites (tertiary alicyclic amines) is 1. The van der Waals surface area contributed by atoms with Gasteiger partial charge in [-0.15, -0.1) is 10.2 Å². The summed E-state index contributed by atoms with van der Waals surface area (Å²) in [5.41, 5.74) is 0.724. The van der Waals surface area contributed by atoms with Crippen LogP contribution in [0.3, 0.4) is 0 Å². The Bertz CT molecular complexity index is 870. The number of aromatic nitrogens is 2. The molecule has 1 aliphatic heterocycles. The minimum atomic E-state index is -2.89. The van der Waals surface area contributed by atoms with E-state index in [2.05, 4.69) is 20.3 Å². The molecule has 0 bridgehead atoms. The van der Waals surface area contributed by atoms with Crippen molar-refractivity contribution in [1.29, 1.82) is 0 Å². The van der Waals surface area contributed by atoms with Gasteiger partial charge in [-0.05, 0) is 37.0 Å². The van der Waals surface area contributed by atoms with Crippen molar-refractivity contribution in [3.05, 3.63) is 34.8 Å². The van der Waals surface area contributed by atoms with E-state index in [9.17, 15) is 18.4 Å². The number of amides is 2. The number of anilines is 1. The van der Waals surface area contributed by atoms with Crippen LogP contribution in [0.2, 0.25) is 0 Å². The smallest absolute Gasteiger partial charge is 0.387 e. The molecule has 2 aromatic rings. The fraction of sp³-hybridized carbons (Fsp3) is 0.444. The number of ether oxygens (including phenoxy) is 1. The van der Waals surface area contributed by atoms with Gasteiger partial charge in [-0.25, -0.2) is 0 Å². The average Bonchev–Trinajstić information content (AvgIpc) is 3.30. The summed E-state index contributed by atoms with van der Waals surface area (Å²) in [5.74, 6) is 0.0965. The number of carbonyl (C=O) groups is 2. The van der Waals surface area contributed by atoms with Crippen molar-refractivity contribution < 1.29 is 23.1 Å². The summed E-state index contributed by atoms with van der Waals surface area (Å²) in [4.78, 5) is 26.4. The third kappa shape index (κ3) is 4.27. The van der Waals surface area contributed by atoms with Gasteiger partial charge < -0.3 is 9.64 Å². The zero-order chi connectivity index (χ0) is 19.7. The highest BCUT2D eigenvalue weighted by Gasteiger charge is 2.36. The molecule has 1 aromatic carbocycles. The molecule has 4 rings (SSSR count). The van der Waals surface area contributed by atoms with Gasteiger partial charge in [0, 0.05) is 18.9 Å². The second kappa shape index (κ2) is 7.78. The second-order valence-electron chi connectivity index (χ2n) is 6.81. The first kappa shape index (κ1) is 18.7. The summed E-state index contributed by atoms with van der Waals surface area (Å²) in [6.07, 6.45) is 2.92. The Morgan fingerprint density at radius 1 is 1.25 bits per heavy atom. The molecule has 0 spiro atoms. The topological polar surface area (TPSA) is 84.4 Å². The number of nitrogens with one attached hydrogen (secondary N) is 1. The molecule has 2 heterocycles. The summed E-state index contributed by atoms with van der Waals surface area (Å²) in [6, 6.07) is 5.43. The Hall–Kier alpha value is -2.62. The van der Waals surface area contributed by atoms with Crippen molar-refractivity contribution in [2.24, 2.45) is 0 Å². The van der Waals surface area contributed by atoms with E-state index in [1.165, 1.54) is 28.4 Å². The molecule has 2 aliphatic rings. The highest BCUT2D eigenvalue weighted by Crippen LogP contribution is 2.42. The minimum absolute atomic E-state index is 0.0449. The molecule has 1 N–H and O–H groups in total. The van der Waals surface area contributed by atoms with E-state index in [1.54, 1.807) is 12.1 Å². The normalized spacial score (nSPS) is 19.3. The molecule has 148 valence electrons. The summed E-state index contributed by atoms with van der Waals surface area (Å²) < 4.78 is 28.8. The molecule has 1 atom stereocenters. The highest BCUT2D eigenvalue weighted by atomic mass is 32.1. The Labute approximate surface area is 163 Å². The number of hydrogen-bond acceptors (Lipinski definition) is 6. The maximum atomic E-state index is 12.7. The van der Waals surface area contributed by atoms with E-state index in [-0.39, 0.29) is 30.5 Å². The molecular formula is C18H18F2N4O3S. The standard InChI is InChI=1S/C18H18F2N4O3S/c19-17(20)27-12-5-1-10(2-6-12)9-24-13(7-8-14(24)25)15(26)21-18-23-22-16(28-18)11-3-4-11/h1-2,5-6,11,13,17H,3-4,7-9H2,(H,21,23,26)/t13-/m0/s1. The number of carbonyl (C=O) groups excluding carboxylic acids is 2. The first-order chi connectivity index (χ1) is 13.5. The monoisotopic (exact) mass is 408 g/mol. The van der Waals surface area contributed by atoms with E-state index in [4.69, 9.17) is 0 Å². The number of halogens is 2. The number of rotatable bonds is 7. The predicted octanol–water partition coefficient (Wildman–Crippen LogP) is 3.15. The lowest BCUT2D eigenvalue weighted by atomic mass is 10.1. The number of nitrogens with zero attached hydrogens (tertiary/aromatic N) is 3. The Kier molecular flexibility index (Phi) is 5.21. The van der Waals surface area contributed by atoms with E-state index in [1.807, 2.05) is 0 Å². The molecule has 1 aliphatic carbocycles. The van der Waals surface area contributed by atoms with Crippen molar-refractivity contribution in [3.63, 3.8) is 0 Å². The van der Waals surface area contributed by atoms with E-state index < -0.39 is 12.7 Å². The fourth-order valence-electron chi connectivity index (χ4n) is 3.15. The molecule has 0 unspecified atom stereocenters. The van der Waals surface area contributed by atoms with Crippen molar-refractivity contribution in [2.75, 3.05) is 5.32 Å². The third-order valence-electron chi connectivity index (χ3n) is 4.73. The maximum absolute atomic E-state index is 12.7. The average molecular weight is 408 g/mol. The van der Waals surface area contributed by atoms with Gasteiger partial charge in [0.05, 0.1) is 0 Å².